The average molecular weight is 262 g/mol. The third-order valence-electron chi connectivity index (χ3n) is 2.07. The summed E-state index contributed by atoms with van der Waals surface area (Å²) in [6.07, 6.45) is 5.52. The molecule has 1 aromatic rings. The second-order valence-corrected chi connectivity index (χ2v) is 3.43. The van der Waals surface area contributed by atoms with Gasteiger partial charge in [0.15, 0.2) is 5.84 Å². The number of amidine groups is 1. The van der Waals surface area contributed by atoms with Gasteiger partial charge in [-0.25, -0.2) is 4.79 Å². The van der Waals surface area contributed by atoms with Crippen LogP contribution in [0.1, 0.15) is 15.9 Å². The highest BCUT2D eigenvalue weighted by Crippen LogP contribution is 2.05. The van der Waals surface area contributed by atoms with Crippen molar-refractivity contribution in [1.29, 1.82) is 0 Å². The number of aromatic carboxylic acids is 1. The third kappa shape index (κ3) is 4.95. The fourth-order valence-corrected chi connectivity index (χ4v) is 1.20. The van der Waals surface area contributed by atoms with Gasteiger partial charge in [-0.05, 0) is 24.3 Å². The molecule has 100 valence electrons. The van der Waals surface area contributed by atoms with E-state index in [9.17, 15) is 4.79 Å². The molecule has 1 rings (SSSR count). The number of allylic oxidation sites excluding steroid dienone is 2. The Hall–Kier alpha value is -2.76. The van der Waals surface area contributed by atoms with E-state index in [-0.39, 0.29) is 18.0 Å². The zero-order valence-corrected chi connectivity index (χ0v) is 10.1. The number of carboxylic acids is 1. The van der Waals surface area contributed by atoms with Crippen molar-refractivity contribution in [3.05, 3.63) is 59.9 Å². The number of aliphatic hydroxyl groups is 1. The van der Waals surface area contributed by atoms with Gasteiger partial charge in [-0.3, -0.25) is 0 Å². The molecule has 0 saturated heterocycles. The van der Waals surface area contributed by atoms with Crippen molar-refractivity contribution in [1.82, 2.24) is 0 Å². The summed E-state index contributed by atoms with van der Waals surface area (Å²) in [5.74, 6) is -0.941. The number of nitrogens with two attached hydrogens (primary N) is 1. The Morgan fingerprint density at radius 1 is 1.37 bits per heavy atom. The lowest BCUT2D eigenvalue weighted by atomic mass is 10.1. The van der Waals surface area contributed by atoms with Crippen LogP contribution in [0.5, 0.6) is 0 Å². The van der Waals surface area contributed by atoms with Gasteiger partial charge in [-0.2, -0.15) is 0 Å². The minimum atomic E-state index is -1.03. The first-order valence-corrected chi connectivity index (χ1v) is 5.40. The van der Waals surface area contributed by atoms with Gasteiger partial charge in [0.25, 0.3) is 0 Å². The van der Waals surface area contributed by atoms with Crippen LogP contribution in [0.25, 0.3) is 0 Å². The zero-order chi connectivity index (χ0) is 14.1. The molecule has 0 heterocycles. The minimum Gasteiger partial charge on any atom is -0.516 e. The molecule has 0 radical (unpaired) electrons. The lowest BCUT2D eigenvalue weighted by Crippen LogP contribution is -2.14. The van der Waals surface area contributed by atoms with Crippen LogP contribution in [0, 0.1) is 0 Å². The Balaban J connectivity index is 2.63. The van der Waals surface area contributed by atoms with Crippen LogP contribution in [-0.4, -0.2) is 28.6 Å². The number of hydrogen-bond acceptors (Lipinski definition) is 4. The highest BCUT2D eigenvalue weighted by molar-refractivity contribution is 5.99. The Bertz CT molecular complexity index is 521. The molecular weight excluding hydrogens is 248 g/mol. The van der Waals surface area contributed by atoms with Crippen LogP contribution in [-0.2, 0) is 4.84 Å². The molecule has 0 aliphatic rings. The summed E-state index contributed by atoms with van der Waals surface area (Å²) in [6, 6.07) is 6.09. The summed E-state index contributed by atoms with van der Waals surface area (Å²) in [4.78, 5) is 15.7. The molecule has 0 bridgehead atoms. The van der Waals surface area contributed by atoms with Gasteiger partial charge < -0.3 is 20.8 Å². The number of rotatable bonds is 6. The number of aliphatic hydroxyl groups excluding tert-OH is 1. The molecule has 0 spiro atoms. The van der Waals surface area contributed by atoms with Crippen molar-refractivity contribution < 1.29 is 19.8 Å². The molecule has 19 heavy (non-hydrogen) atoms. The third-order valence-corrected chi connectivity index (χ3v) is 2.07. The van der Waals surface area contributed by atoms with Gasteiger partial charge in [0.2, 0.25) is 0 Å². The van der Waals surface area contributed by atoms with E-state index in [4.69, 9.17) is 20.8 Å². The zero-order valence-electron chi connectivity index (χ0n) is 10.1. The maximum Gasteiger partial charge on any atom is 0.335 e. The molecule has 0 fully saturated rings. The summed E-state index contributed by atoms with van der Waals surface area (Å²) in [5, 5.41) is 20.9. The van der Waals surface area contributed by atoms with Gasteiger partial charge in [-0.1, -0.05) is 23.4 Å². The average Bonchev–Trinajstić information content (AvgIpc) is 2.42. The van der Waals surface area contributed by atoms with E-state index in [1.54, 1.807) is 24.3 Å². The molecule has 0 amide bonds. The van der Waals surface area contributed by atoms with Crippen LogP contribution in [0.3, 0.4) is 0 Å². The largest absolute Gasteiger partial charge is 0.516 e. The van der Waals surface area contributed by atoms with Crippen LogP contribution >= 0.6 is 0 Å². The highest BCUT2D eigenvalue weighted by Gasteiger charge is 2.05. The first-order chi connectivity index (χ1) is 9.15. The lowest BCUT2D eigenvalue weighted by Gasteiger charge is -2.01. The molecule has 1 aromatic carbocycles. The van der Waals surface area contributed by atoms with E-state index in [2.05, 4.69) is 5.16 Å². The van der Waals surface area contributed by atoms with Crippen molar-refractivity contribution in [3.8, 4) is 0 Å². The SMILES string of the molecule is N/C(=N\OC/C=C/C=C\O)c1cccc(C(=O)O)c1. The maximum atomic E-state index is 10.8. The van der Waals surface area contributed by atoms with E-state index < -0.39 is 5.97 Å². The Morgan fingerprint density at radius 2 is 2.11 bits per heavy atom. The summed E-state index contributed by atoms with van der Waals surface area (Å²) in [6.45, 7) is 0.184. The topological polar surface area (TPSA) is 105 Å². The molecule has 0 aliphatic carbocycles. The van der Waals surface area contributed by atoms with Gasteiger partial charge in [0, 0.05) is 5.56 Å². The van der Waals surface area contributed by atoms with Crippen LogP contribution in [0.4, 0.5) is 0 Å². The van der Waals surface area contributed by atoms with Crippen molar-refractivity contribution in [3.63, 3.8) is 0 Å². The fraction of sp³-hybridized carbons (Fsp3) is 0.0769. The summed E-state index contributed by atoms with van der Waals surface area (Å²) >= 11 is 0. The highest BCUT2D eigenvalue weighted by atomic mass is 16.6. The van der Waals surface area contributed by atoms with E-state index in [0.717, 1.165) is 6.26 Å². The number of oxime groups is 1. The van der Waals surface area contributed by atoms with Crippen LogP contribution < -0.4 is 5.73 Å². The molecule has 6 nitrogen and oxygen atoms in total. The number of nitrogens with zero attached hydrogens (tertiary/aromatic N) is 1. The molecule has 6 heteroatoms. The Labute approximate surface area is 110 Å². The number of hydrogen-bond donors (Lipinski definition) is 3. The van der Waals surface area contributed by atoms with Crippen molar-refractivity contribution in [2.24, 2.45) is 10.9 Å². The molecule has 4 N–H and O–H groups in total. The quantitative estimate of drug-likeness (QED) is 0.180. The normalized spacial score (nSPS) is 12.1. The van der Waals surface area contributed by atoms with Crippen LogP contribution in [0.2, 0.25) is 0 Å². The molecule has 0 atom stereocenters. The number of benzene rings is 1. The van der Waals surface area contributed by atoms with Gasteiger partial charge in [0.1, 0.15) is 6.61 Å². The van der Waals surface area contributed by atoms with Gasteiger partial charge in [0.05, 0.1) is 11.8 Å². The Kier molecular flexibility index (Phi) is 5.68. The summed E-state index contributed by atoms with van der Waals surface area (Å²) < 4.78 is 0. The van der Waals surface area contributed by atoms with Crippen LogP contribution in [0.15, 0.2) is 53.9 Å². The smallest absolute Gasteiger partial charge is 0.335 e. The van der Waals surface area contributed by atoms with E-state index in [1.807, 2.05) is 0 Å². The number of carbonyl (C=O) groups is 1. The first-order valence-electron chi connectivity index (χ1n) is 5.40. The monoisotopic (exact) mass is 262 g/mol. The van der Waals surface area contributed by atoms with E-state index >= 15 is 0 Å². The van der Waals surface area contributed by atoms with E-state index in [1.165, 1.54) is 18.2 Å². The molecular formula is C13H14N2O4. The summed E-state index contributed by atoms with van der Waals surface area (Å²) in [7, 11) is 0. The first kappa shape index (κ1) is 14.3. The molecule has 0 aliphatic heterocycles. The maximum absolute atomic E-state index is 10.8. The second kappa shape index (κ2) is 7.54. The van der Waals surface area contributed by atoms with Crippen molar-refractivity contribution in [2.45, 2.75) is 0 Å². The molecule has 0 unspecified atom stereocenters. The van der Waals surface area contributed by atoms with Gasteiger partial charge in [-0.15, -0.1) is 0 Å². The van der Waals surface area contributed by atoms with Gasteiger partial charge >= 0.3 is 5.97 Å². The lowest BCUT2D eigenvalue weighted by molar-refractivity contribution is 0.0697. The predicted molar refractivity (Wildman–Crippen MR) is 71.0 cm³/mol. The molecule has 0 aromatic heterocycles. The van der Waals surface area contributed by atoms with Crippen molar-refractivity contribution >= 4 is 11.8 Å². The standard InChI is InChI=1S/C13H14N2O4/c14-12(15-19-8-3-1-2-7-16)10-5-4-6-11(9-10)13(17)18/h1-7,9,16H,8H2,(H2,14,15)(H,17,18)/b3-1+,7-2-. The fourth-order valence-electron chi connectivity index (χ4n) is 1.20. The van der Waals surface area contributed by atoms with E-state index in [0.29, 0.717) is 5.56 Å². The second-order valence-electron chi connectivity index (χ2n) is 3.43. The minimum absolute atomic E-state index is 0.0919. The summed E-state index contributed by atoms with van der Waals surface area (Å²) in [5.41, 5.74) is 6.26. The number of carboxylic acid groups (broad SMARTS) is 1. The predicted octanol–water partition coefficient (Wildman–Crippen LogP) is 1.65. The van der Waals surface area contributed by atoms with Crippen molar-refractivity contribution in [2.75, 3.05) is 6.61 Å². The Morgan fingerprint density at radius 3 is 2.79 bits per heavy atom. The molecule has 0 saturated carbocycles.